The number of carbonyl (C=O) groups is 2. The number of benzene rings is 5. The van der Waals surface area contributed by atoms with Gasteiger partial charge in [0.15, 0.2) is 26.9 Å². The zero-order valence-corrected chi connectivity index (χ0v) is 32.7. The maximum Gasteiger partial charge on any atom is 0.407 e. The van der Waals surface area contributed by atoms with Crippen molar-refractivity contribution in [3.05, 3.63) is 156 Å². The molecule has 1 saturated carbocycles. The van der Waals surface area contributed by atoms with Gasteiger partial charge in [-0.25, -0.2) is 4.79 Å². The Bertz CT molecular complexity index is 1840. The predicted octanol–water partition coefficient (Wildman–Crippen LogP) is 8.70. The summed E-state index contributed by atoms with van der Waals surface area (Å²) in [7, 11) is 1.57. The first kappa shape index (κ1) is 37.6. The van der Waals surface area contributed by atoms with Gasteiger partial charge >= 0.3 is 6.09 Å². The minimum atomic E-state index is -1.77. The highest BCUT2D eigenvalue weighted by Crippen LogP contribution is 2.63. The van der Waals surface area contributed by atoms with Crippen molar-refractivity contribution in [3.8, 4) is 5.75 Å². The van der Waals surface area contributed by atoms with Gasteiger partial charge < -0.3 is 20.1 Å². The van der Waals surface area contributed by atoms with E-state index < -0.39 is 4.90 Å². The molecule has 5 aromatic rings. The summed E-state index contributed by atoms with van der Waals surface area (Å²) in [6.07, 6.45) is 5.38. The Balaban J connectivity index is 0.960. The average molecular weight is 826 g/mol. The van der Waals surface area contributed by atoms with Crippen LogP contribution in [0.4, 0.5) is 4.79 Å². The van der Waals surface area contributed by atoms with Crippen LogP contribution in [0.15, 0.2) is 140 Å². The van der Waals surface area contributed by atoms with Gasteiger partial charge in [-0.05, 0) is 105 Å². The van der Waals surface area contributed by atoms with Gasteiger partial charge in [0.25, 0.3) is 5.91 Å². The average Bonchev–Trinajstić information content (AvgIpc) is 3.21. The van der Waals surface area contributed by atoms with Crippen LogP contribution in [0.25, 0.3) is 0 Å². The first-order valence-electron chi connectivity index (χ1n) is 18.1. The van der Waals surface area contributed by atoms with Crippen LogP contribution in [0.5, 0.6) is 5.75 Å². The smallest absolute Gasteiger partial charge is 0.407 e. The van der Waals surface area contributed by atoms with Crippen LogP contribution >= 0.6 is 26.9 Å². The van der Waals surface area contributed by atoms with Crippen LogP contribution < -0.4 is 31.3 Å². The molecule has 52 heavy (non-hydrogen) atoms. The predicted molar refractivity (Wildman–Crippen MR) is 222 cm³/mol. The van der Waals surface area contributed by atoms with Crippen LogP contribution in [0.1, 0.15) is 60.0 Å². The van der Waals surface area contributed by atoms with Gasteiger partial charge in [-0.3, -0.25) is 4.79 Å². The summed E-state index contributed by atoms with van der Waals surface area (Å²) in [6, 6.07) is 48.4. The van der Waals surface area contributed by atoms with E-state index in [0.717, 1.165) is 44.9 Å². The molecule has 5 aromatic carbocycles. The second kappa shape index (κ2) is 18.0. The lowest BCUT2D eigenvalue weighted by molar-refractivity contribution is 0.0564. The number of amides is 2. The van der Waals surface area contributed by atoms with Gasteiger partial charge in [-0.1, -0.05) is 91.0 Å². The van der Waals surface area contributed by atoms with E-state index in [1.54, 1.807) is 19.2 Å². The van der Waals surface area contributed by atoms with E-state index in [9.17, 15) is 9.59 Å². The number of methoxy groups -OCH3 is 1. The molecule has 0 saturated heterocycles. The number of aryl methyl sites for hydroxylation is 1. The minimum absolute atomic E-state index is 0.153. The maximum atomic E-state index is 13.2. The van der Waals surface area contributed by atoms with Crippen molar-refractivity contribution < 1.29 is 19.1 Å². The monoisotopic (exact) mass is 825 g/mol. The Morgan fingerprint density at radius 2 is 1.27 bits per heavy atom. The Morgan fingerprint density at radius 3 is 1.88 bits per heavy atom. The van der Waals surface area contributed by atoms with Crippen molar-refractivity contribution in [1.82, 2.24) is 10.6 Å². The molecule has 8 heteroatoms. The van der Waals surface area contributed by atoms with E-state index >= 15 is 0 Å². The number of ether oxygens (including phenoxy) is 2. The highest BCUT2D eigenvalue weighted by Gasteiger charge is 2.43. The SMILES string of the molecule is COc1ccccc1C(=O)NCC1(c2ccccc2)CCC(OC(=O)NCCCCc2ccc([P+](I)(c3ccccc3)c3ccccc3)cc2)CC1. The summed E-state index contributed by atoms with van der Waals surface area (Å²) in [4.78, 5) is 24.2. The molecule has 0 unspecified atom stereocenters. The van der Waals surface area contributed by atoms with Crippen LogP contribution in [-0.4, -0.2) is 38.3 Å². The summed E-state index contributed by atoms with van der Waals surface area (Å²) in [5, 5.41) is 10.2. The zero-order valence-electron chi connectivity index (χ0n) is 29.7. The molecular formula is C44H47IN2O4P+. The van der Waals surface area contributed by atoms with E-state index in [1.807, 2.05) is 30.3 Å². The number of nitrogens with one attached hydrogen (secondary N) is 2. The molecular weight excluding hydrogens is 778 g/mol. The molecule has 0 bridgehead atoms. The standard InChI is InChI=1S/C44H46IN2O4P/c1-50-41-23-12-11-22-40(41)42(48)47-33-44(35-16-5-2-6-17-35)30-28-36(29-31-44)51-43(49)46-32-14-13-15-34-24-26-39(27-25-34)52(45,37-18-7-3-8-19-37)38-20-9-4-10-21-38/h2-12,16-27,36H,13-15,28-33H2,1H3,(H-,46,47,48,49)/p+1. The lowest BCUT2D eigenvalue weighted by Gasteiger charge is -2.40. The van der Waals surface area contributed by atoms with Gasteiger partial charge in [-0.15, -0.1) is 0 Å². The molecule has 1 aliphatic carbocycles. The van der Waals surface area contributed by atoms with Crippen molar-refractivity contribution in [1.29, 1.82) is 0 Å². The van der Waals surface area contributed by atoms with Gasteiger partial charge in [0.05, 0.1) is 12.7 Å². The number of carbonyl (C=O) groups excluding carboxylic acids is 2. The minimum Gasteiger partial charge on any atom is -0.496 e. The fraction of sp³-hybridized carbons (Fsp3) is 0.273. The van der Waals surface area contributed by atoms with Gasteiger partial charge in [0.2, 0.25) is 0 Å². The van der Waals surface area contributed by atoms with Crippen molar-refractivity contribution in [2.24, 2.45) is 0 Å². The molecule has 0 radical (unpaired) electrons. The zero-order chi connectivity index (χ0) is 36.2. The van der Waals surface area contributed by atoms with Gasteiger partial charge in [-0.2, -0.15) is 0 Å². The molecule has 6 nitrogen and oxygen atoms in total. The van der Waals surface area contributed by atoms with Gasteiger partial charge in [0.1, 0.15) is 27.8 Å². The Morgan fingerprint density at radius 1 is 0.712 bits per heavy atom. The fourth-order valence-electron chi connectivity index (χ4n) is 7.22. The number of unbranched alkanes of at least 4 members (excludes halogenated alkanes) is 1. The van der Waals surface area contributed by atoms with Crippen LogP contribution in [-0.2, 0) is 16.6 Å². The molecule has 0 aromatic heterocycles. The molecule has 0 aliphatic heterocycles. The Labute approximate surface area is 321 Å². The second-order valence-corrected chi connectivity index (χ2v) is 20.5. The second-order valence-electron chi connectivity index (χ2n) is 13.4. The largest absolute Gasteiger partial charge is 0.496 e. The van der Waals surface area contributed by atoms with Gasteiger partial charge in [0, 0.05) is 18.5 Å². The molecule has 0 heterocycles. The summed E-state index contributed by atoms with van der Waals surface area (Å²) in [5.41, 5.74) is 2.77. The van der Waals surface area contributed by atoms with E-state index in [1.165, 1.54) is 27.0 Å². The van der Waals surface area contributed by atoms with Crippen molar-refractivity contribution in [2.75, 3.05) is 20.2 Å². The Hall–Kier alpha value is -4.20. The van der Waals surface area contributed by atoms with E-state index in [0.29, 0.717) is 24.4 Å². The van der Waals surface area contributed by atoms with Crippen molar-refractivity contribution in [2.45, 2.75) is 56.5 Å². The molecule has 268 valence electrons. The highest BCUT2D eigenvalue weighted by atomic mass is 127. The lowest BCUT2D eigenvalue weighted by atomic mass is 9.68. The van der Waals surface area contributed by atoms with E-state index in [2.05, 4.69) is 130 Å². The summed E-state index contributed by atoms with van der Waals surface area (Å²) in [5.74, 6) is 0.398. The molecule has 1 aliphatic rings. The van der Waals surface area contributed by atoms with E-state index in [4.69, 9.17) is 9.47 Å². The number of rotatable bonds is 14. The number of hydrogen-bond acceptors (Lipinski definition) is 4. The number of halogens is 1. The third-order valence-electron chi connectivity index (χ3n) is 10.2. The normalized spacial score (nSPS) is 17.2. The fourth-order valence-corrected chi connectivity index (χ4v) is 12.7. The molecule has 2 N–H and O–H groups in total. The topological polar surface area (TPSA) is 76.7 Å². The first-order valence-corrected chi connectivity index (χ1v) is 22.7. The van der Waals surface area contributed by atoms with Crippen LogP contribution in [0, 0.1) is 0 Å². The number of alkyl carbamates (subject to hydrolysis) is 1. The molecule has 6 rings (SSSR count). The molecule has 0 spiro atoms. The third kappa shape index (κ3) is 9.05. The summed E-state index contributed by atoms with van der Waals surface area (Å²) in [6.45, 7) is 1.08. The van der Waals surface area contributed by atoms with Crippen molar-refractivity contribution >= 4 is 54.9 Å². The van der Waals surface area contributed by atoms with Crippen LogP contribution in [0.3, 0.4) is 0 Å². The summed E-state index contributed by atoms with van der Waals surface area (Å²) < 4.78 is 11.3. The summed E-state index contributed by atoms with van der Waals surface area (Å²) >= 11 is 2.70. The molecule has 2 amide bonds. The molecule has 0 atom stereocenters. The first-order chi connectivity index (χ1) is 25.4. The lowest BCUT2D eigenvalue weighted by Crippen LogP contribution is -2.45. The molecule has 1 fully saturated rings. The Kier molecular flexibility index (Phi) is 13.0. The third-order valence-corrected chi connectivity index (χ3v) is 18.2. The van der Waals surface area contributed by atoms with Crippen molar-refractivity contribution in [3.63, 3.8) is 0 Å². The quantitative estimate of drug-likeness (QED) is 0.0668. The number of para-hydroxylation sites is 1. The maximum absolute atomic E-state index is 13.2. The highest BCUT2D eigenvalue weighted by molar-refractivity contribution is 14.2. The number of hydrogen-bond donors (Lipinski definition) is 2. The van der Waals surface area contributed by atoms with E-state index in [-0.39, 0.29) is 23.5 Å². The van der Waals surface area contributed by atoms with Crippen LogP contribution in [0.2, 0.25) is 0 Å².